The molecule has 0 bridgehead atoms. The minimum Gasteiger partial charge on any atom is -0.376 e. The lowest BCUT2D eigenvalue weighted by atomic mass is 10.1. The van der Waals surface area contributed by atoms with Crippen molar-refractivity contribution in [3.63, 3.8) is 0 Å². The Morgan fingerprint density at radius 3 is 2.62 bits per heavy atom. The van der Waals surface area contributed by atoms with E-state index in [0.717, 1.165) is 41.2 Å². The van der Waals surface area contributed by atoms with Gasteiger partial charge in [-0.05, 0) is 68.8 Å². The van der Waals surface area contributed by atoms with Crippen molar-refractivity contribution in [1.29, 1.82) is 0 Å². The van der Waals surface area contributed by atoms with Gasteiger partial charge in [0.2, 0.25) is 0 Å². The molecule has 6 rings (SSSR count). The molecule has 0 radical (unpaired) electrons. The molecule has 3 aromatic heterocycles. The Kier molecular flexibility index (Phi) is 7.65. The second-order valence-electron chi connectivity index (χ2n) is 10.9. The molecule has 0 unspecified atom stereocenters. The fraction of sp³-hybridized carbons (Fsp3) is 0.355. The Hall–Kier alpha value is -3.93. The van der Waals surface area contributed by atoms with Crippen LogP contribution in [0.3, 0.4) is 0 Å². The Morgan fingerprint density at radius 2 is 1.81 bits per heavy atom. The van der Waals surface area contributed by atoms with E-state index in [9.17, 15) is 13.2 Å². The van der Waals surface area contributed by atoms with E-state index in [1.807, 2.05) is 43.3 Å². The molecule has 1 N–H and O–H groups in total. The maximum Gasteiger partial charge on any atom is 0.251 e. The lowest BCUT2D eigenvalue weighted by Gasteiger charge is -2.36. The molecule has 218 valence electrons. The number of amides is 1. The maximum absolute atomic E-state index is 13.1. The molecular formula is C31H33N5O5S. The van der Waals surface area contributed by atoms with Crippen LogP contribution in [0.2, 0.25) is 0 Å². The summed E-state index contributed by atoms with van der Waals surface area (Å²) in [6, 6.07) is 15.9. The fourth-order valence-electron chi connectivity index (χ4n) is 5.44. The third kappa shape index (κ3) is 5.85. The molecule has 10 nitrogen and oxygen atoms in total. The number of morpholine rings is 1. The summed E-state index contributed by atoms with van der Waals surface area (Å²) < 4.78 is 36.6. The quantitative estimate of drug-likeness (QED) is 0.368. The summed E-state index contributed by atoms with van der Waals surface area (Å²) in [5.74, 6) is 0.395. The molecule has 1 amide bonds. The van der Waals surface area contributed by atoms with Gasteiger partial charge in [0.25, 0.3) is 5.91 Å². The van der Waals surface area contributed by atoms with Crippen molar-refractivity contribution in [3.8, 4) is 11.4 Å². The van der Waals surface area contributed by atoms with Crippen molar-refractivity contribution in [2.75, 3.05) is 30.3 Å². The van der Waals surface area contributed by atoms with Crippen LogP contribution in [0.4, 0.5) is 5.82 Å². The number of hydrogen-bond donors (Lipinski definition) is 1. The van der Waals surface area contributed by atoms with Crippen molar-refractivity contribution in [1.82, 2.24) is 20.3 Å². The topological polar surface area (TPSA) is 124 Å². The minimum atomic E-state index is -3.52. The van der Waals surface area contributed by atoms with Gasteiger partial charge in [-0.1, -0.05) is 12.1 Å². The van der Waals surface area contributed by atoms with E-state index >= 15 is 0 Å². The van der Waals surface area contributed by atoms with Gasteiger partial charge in [0, 0.05) is 30.2 Å². The monoisotopic (exact) mass is 587 g/mol. The number of carbonyl (C=O) groups is 1. The van der Waals surface area contributed by atoms with E-state index in [-0.39, 0.29) is 47.5 Å². The van der Waals surface area contributed by atoms with E-state index in [2.05, 4.69) is 29.0 Å². The van der Waals surface area contributed by atoms with Crippen LogP contribution in [0, 0.1) is 0 Å². The Morgan fingerprint density at radius 1 is 1.02 bits per heavy atom. The first-order valence-electron chi connectivity index (χ1n) is 14.0. The lowest BCUT2D eigenvalue weighted by Crippen LogP contribution is -2.45. The van der Waals surface area contributed by atoms with Crippen LogP contribution in [0.1, 0.15) is 48.4 Å². The van der Waals surface area contributed by atoms with Crippen LogP contribution in [0.25, 0.3) is 22.3 Å². The number of carbonyl (C=O) groups excluding carboxylic acids is 1. The number of fused-ring (bicyclic) bond motifs is 2. The summed E-state index contributed by atoms with van der Waals surface area (Å²) in [5, 5.41) is 3.81. The van der Waals surface area contributed by atoms with Crippen LogP contribution in [0.15, 0.2) is 65.7 Å². The van der Waals surface area contributed by atoms with Gasteiger partial charge < -0.3 is 19.7 Å². The second-order valence-corrected chi connectivity index (χ2v) is 13.0. The highest BCUT2D eigenvalue weighted by atomic mass is 32.2. The van der Waals surface area contributed by atoms with Crippen LogP contribution in [-0.4, -0.2) is 66.9 Å². The van der Waals surface area contributed by atoms with Crippen molar-refractivity contribution < 1.29 is 22.7 Å². The number of aromatic nitrogens is 3. The number of ether oxygens (including phenoxy) is 2. The van der Waals surface area contributed by atoms with E-state index in [0.29, 0.717) is 11.3 Å². The molecule has 2 aliphatic heterocycles. The normalized spacial score (nSPS) is 20.9. The van der Waals surface area contributed by atoms with E-state index < -0.39 is 15.9 Å². The summed E-state index contributed by atoms with van der Waals surface area (Å²) in [7, 11) is -3.52. The van der Waals surface area contributed by atoms with Gasteiger partial charge >= 0.3 is 0 Å². The average Bonchev–Trinajstić information content (AvgIpc) is 3.13. The average molecular weight is 588 g/mol. The van der Waals surface area contributed by atoms with Crippen LogP contribution >= 0.6 is 0 Å². The molecule has 42 heavy (non-hydrogen) atoms. The second kappa shape index (κ2) is 11.4. The summed E-state index contributed by atoms with van der Waals surface area (Å²) in [4.78, 5) is 29.8. The minimum absolute atomic E-state index is 0.108. The largest absolute Gasteiger partial charge is 0.376 e. The summed E-state index contributed by atoms with van der Waals surface area (Å²) in [6.45, 7) is 7.86. The highest BCUT2D eigenvalue weighted by molar-refractivity contribution is 7.91. The van der Waals surface area contributed by atoms with Crippen LogP contribution < -0.4 is 10.2 Å². The summed E-state index contributed by atoms with van der Waals surface area (Å²) in [6.07, 6.45) is 2.00. The molecule has 0 saturated carbocycles. The molecule has 5 heterocycles. The first-order chi connectivity index (χ1) is 20.2. The molecule has 11 heteroatoms. The zero-order valence-corrected chi connectivity index (χ0v) is 24.6. The molecule has 3 atom stereocenters. The number of rotatable bonds is 5. The van der Waals surface area contributed by atoms with Crippen LogP contribution in [0.5, 0.6) is 0 Å². The van der Waals surface area contributed by atoms with Gasteiger partial charge in [-0.3, -0.25) is 9.78 Å². The third-order valence-corrected chi connectivity index (χ3v) is 9.30. The zero-order valence-electron chi connectivity index (χ0n) is 23.8. The maximum atomic E-state index is 13.1. The first kappa shape index (κ1) is 28.2. The molecule has 0 spiro atoms. The number of hydrogen-bond acceptors (Lipinski definition) is 9. The number of benzene rings is 1. The standard InChI is InChI=1S/C31H33N5O5S/c1-19-16-36(17-20(2)41-19)30-6-4-5-25(35-30)26-10-9-23-15-32-27(14-28(23)34-26)21(3)33-31(37)22-7-8-24-18-40-11-12-42(38,39)29(24)13-22/h4-10,13-15,19-21H,11-12,16-18H2,1-3H3,(H,33,37)/t19-,20+,21-/m1/s1. The van der Waals surface area contributed by atoms with Crippen molar-refractivity contribution >= 4 is 32.5 Å². The molecule has 1 aromatic carbocycles. The van der Waals surface area contributed by atoms with Gasteiger partial charge in [-0.2, -0.15) is 0 Å². The van der Waals surface area contributed by atoms with E-state index in [1.165, 1.54) is 6.07 Å². The molecule has 4 aromatic rings. The number of nitrogens with zero attached hydrogens (tertiary/aromatic N) is 4. The molecule has 0 aliphatic carbocycles. The van der Waals surface area contributed by atoms with Gasteiger partial charge in [-0.15, -0.1) is 0 Å². The first-order valence-corrected chi connectivity index (χ1v) is 15.7. The Labute approximate surface area is 245 Å². The fourth-order valence-corrected chi connectivity index (χ4v) is 6.83. The van der Waals surface area contributed by atoms with Crippen molar-refractivity contribution in [3.05, 3.63) is 77.6 Å². The predicted octanol–water partition coefficient (Wildman–Crippen LogP) is 4.10. The van der Waals surface area contributed by atoms with E-state index in [1.54, 1.807) is 18.3 Å². The van der Waals surface area contributed by atoms with E-state index in [4.69, 9.17) is 19.4 Å². The molecular weight excluding hydrogens is 554 g/mol. The van der Waals surface area contributed by atoms with Crippen LogP contribution in [-0.2, 0) is 25.9 Å². The SMILES string of the molecule is C[C@@H]1CN(c2cccc(-c3ccc4cnc([C@@H](C)NC(=O)c5ccc6c(c5)S(=O)(=O)CCOC6)cc4n3)n2)C[C@H](C)O1. The Bertz CT molecular complexity index is 1750. The smallest absolute Gasteiger partial charge is 0.251 e. The summed E-state index contributed by atoms with van der Waals surface area (Å²) in [5.41, 5.74) is 3.70. The van der Waals surface area contributed by atoms with Gasteiger partial charge in [0.1, 0.15) is 5.82 Å². The Balaban J connectivity index is 1.22. The van der Waals surface area contributed by atoms with Gasteiger partial charge in [0.05, 0.1) is 64.7 Å². The van der Waals surface area contributed by atoms with Crippen molar-refractivity contribution in [2.45, 2.75) is 50.5 Å². The summed E-state index contributed by atoms with van der Waals surface area (Å²) >= 11 is 0. The van der Waals surface area contributed by atoms with Crippen molar-refractivity contribution in [2.24, 2.45) is 0 Å². The highest BCUT2D eigenvalue weighted by Gasteiger charge is 2.25. The number of anilines is 1. The number of pyridine rings is 3. The molecule has 2 aliphatic rings. The number of sulfone groups is 1. The van der Waals surface area contributed by atoms with Gasteiger partial charge in [0.15, 0.2) is 9.84 Å². The predicted molar refractivity (Wildman–Crippen MR) is 159 cm³/mol. The highest BCUT2D eigenvalue weighted by Crippen LogP contribution is 2.26. The molecule has 1 fully saturated rings. The number of nitrogens with one attached hydrogen (secondary N) is 1. The molecule has 1 saturated heterocycles. The zero-order chi connectivity index (χ0) is 29.4. The third-order valence-electron chi connectivity index (χ3n) is 7.54. The van der Waals surface area contributed by atoms with Gasteiger partial charge in [-0.25, -0.2) is 18.4 Å². The lowest BCUT2D eigenvalue weighted by molar-refractivity contribution is -0.00545.